The molecule has 146 valence electrons. The number of aryl methyl sites for hydroxylation is 2. The van der Waals surface area contributed by atoms with E-state index >= 15 is 0 Å². The van der Waals surface area contributed by atoms with Crippen LogP contribution in [0.3, 0.4) is 0 Å². The fourth-order valence-corrected chi connectivity index (χ4v) is 3.18. The van der Waals surface area contributed by atoms with Gasteiger partial charge in [0.1, 0.15) is 17.8 Å². The fraction of sp³-hybridized carbons (Fsp3) is 0.286. The van der Waals surface area contributed by atoms with Crippen molar-refractivity contribution < 1.29 is 19.5 Å². The van der Waals surface area contributed by atoms with Gasteiger partial charge < -0.3 is 15.7 Å². The molecule has 7 nitrogen and oxygen atoms in total. The van der Waals surface area contributed by atoms with Gasteiger partial charge in [-0.1, -0.05) is 36.4 Å². The third kappa shape index (κ3) is 4.14. The minimum atomic E-state index is -1.06. The topological polar surface area (TPSA) is 98.7 Å². The first kappa shape index (κ1) is 19.4. The molecule has 0 saturated carbocycles. The summed E-state index contributed by atoms with van der Waals surface area (Å²) < 4.78 is 0. The largest absolute Gasteiger partial charge is 0.506 e. The fourth-order valence-electron chi connectivity index (χ4n) is 3.18. The van der Waals surface area contributed by atoms with Gasteiger partial charge in [-0.2, -0.15) is 0 Å². The van der Waals surface area contributed by atoms with Gasteiger partial charge in [0, 0.05) is 0 Å². The maximum Gasteiger partial charge on any atom is 0.325 e. The number of phenolic OH excluding ortho intramolecular Hbond substituents is 1. The molecule has 3 rings (SSSR count). The zero-order chi connectivity index (χ0) is 20.3. The predicted octanol–water partition coefficient (Wildman–Crippen LogP) is 2.58. The van der Waals surface area contributed by atoms with Crippen molar-refractivity contribution in [3.63, 3.8) is 0 Å². The lowest BCUT2D eigenvalue weighted by Crippen LogP contribution is -2.45. The number of carbonyl (C=O) groups excluding carboxylic acids is 3. The van der Waals surface area contributed by atoms with Crippen molar-refractivity contribution in [3.05, 3.63) is 59.7 Å². The standard InChI is InChI=1S/C21H23N3O4/c1-14-8-9-16(17(25)12-14)22-18(26)13-24-19(27)21(2,23-20(24)28)11-10-15-6-4-3-5-7-15/h3-9,12,25H,10-11,13H2,1-2H3,(H,22,26)(H,23,28)/t21-/m0/s1. The number of hydrogen-bond acceptors (Lipinski definition) is 4. The molecule has 0 aliphatic carbocycles. The number of phenols is 1. The average Bonchev–Trinajstić information content (AvgIpc) is 2.87. The molecule has 0 bridgehead atoms. The molecule has 1 aliphatic rings. The predicted molar refractivity (Wildman–Crippen MR) is 105 cm³/mol. The zero-order valence-electron chi connectivity index (χ0n) is 15.9. The summed E-state index contributed by atoms with van der Waals surface area (Å²) in [5.41, 5.74) is 1.09. The number of anilines is 1. The van der Waals surface area contributed by atoms with E-state index in [0.717, 1.165) is 16.0 Å². The van der Waals surface area contributed by atoms with Gasteiger partial charge in [0.15, 0.2) is 0 Å². The number of nitrogens with one attached hydrogen (secondary N) is 2. The Hall–Kier alpha value is -3.35. The highest BCUT2D eigenvalue weighted by atomic mass is 16.3. The molecule has 7 heteroatoms. The highest BCUT2D eigenvalue weighted by Gasteiger charge is 2.47. The first-order valence-corrected chi connectivity index (χ1v) is 9.06. The van der Waals surface area contributed by atoms with Crippen LogP contribution in [0, 0.1) is 6.92 Å². The number of carbonyl (C=O) groups is 3. The second-order valence-corrected chi connectivity index (χ2v) is 7.21. The average molecular weight is 381 g/mol. The Bertz CT molecular complexity index is 913. The molecule has 4 amide bonds. The second-order valence-electron chi connectivity index (χ2n) is 7.21. The summed E-state index contributed by atoms with van der Waals surface area (Å²) in [7, 11) is 0. The molecule has 1 fully saturated rings. The Balaban J connectivity index is 1.63. The number of urea groups is 1. The molecule has 2 aromatic carbocycles. The molecule has 1 saturated heterocycles. The highest BCUT2D eigenvalue weighted by molar-refractivity contribution is 6.10. The summed E-state index contributed by atoms with van der Waals surface area (Å²) in [6, 6.07) is 13.9. The molecule has 2 aromatic rings. The summed E-state index contributed by atoms with van der Waals surface area (Å²) in [6.07, 6.45) is 1.05. The third-order valence-electron chi connectivity index (χ3n) is 4.83. The number of rotatable bonds is 6. The van der Waals surface area contributed by atoms with Crippen LogP contribution in [0.1, 0.15) is 24.5 Å². The van der Waals surface area contributed by atoms with Crippen LogP contribution in [0.4, 0.5) is 10.5 Å². The van der Waals surface area contributed by atoms with E-state index in [2.05, 4.69) is 10.6 Å². The first-order valence-electron chi connectivity index (χ1n) is 9.06. The van der Waals surface area contributed by atoms with Crippen molar-refractivity contribution in [2.45, 2.75) is 32.2 Å². The van der Waals surface area contributed by atoms with Crippen molar-refractivity contribution >= 4 is 23.5 Å². The quantitative estimate of drug-likeness (QED) is 0.529. The summed E-state index contributed by atoms with van der Waals surface area (Å²) in [4.78, 5) is 38.2. The maximum atomic E-state index is 12.8. The van der Waals surface area contributed by atoms with Crippen LogP contribution in [0.25, 0.3) is 0 Å². The Labute approximate surface area is 163 Å². The molecule has 1 atom stereocenters. The molecule has 3 N–H and O–H groups in total. The van der Waals surface area contributed by atoms with Crippen LogP contribution < -0.4 is 10.6 Å². The van der Waals surface area contributed by atoms with Gasteiger partial charge in [-0.15, -0.1) is 0 Å². The Morgan fingerprint density at radius 1 is 1.18 bits per heavy atom. The Kier molecular flexibility index (Phi) is 5.35. The summed E-state index contributed by atoms with van der Waals surface area (Å²) in [5, 5.41) is 15.1. The normalized spacial score (nSPS) is 18.9. The minimum absolute atomic E-state index is 0.0711. The molecular formula is C21H23N3O4. The minimum Gasteiger partial charge on any atom is -0.506 e. The second kappa shape index (κ2) is 7.72. The number of benzene rings is 2. The van der Waals surface area contributed by atoms with Gasteiger partial charge in [-0.05, 0) is 49.9 Å². The number of nitrogens with zero attached hydrogens (tertiary/aromatic N) is 1. The maximum absolute atomic E-state index is 12.8. The first-order chi connectivity index (χ1) is 13.3. The van der Waals surface area contributed by atoms with Crippen LogP contribution in [-0.4, -0.2) is 39.9 Å². The molecule has 28 heavy (non-hydrogen) atoms. The van der Waals surface area contributed by atoms with Crippen molar-refractivity contribution in [1.82, 2.24) is 10.2 Å². The van der Waals surface area contributed by atoms with E-state index in [-0.39, 0.29) is 11.4 Å². The summed E-state index contributed by atoms with van der Waals surface area (Å²) in [6.45, 7) is 3.06. The van der Waals surface area contributed by atoms with Crippen molar-refractivity contribution in [2.75, 3.05) is 11.9 Å². The molecule has 0 radical (unpaired) electrons. The van der Waals surface area contributed by atoms with Gasteiger partial charge in [-0.25, -0.2) is 4.79 Å². The highest BCUT2D eigenvalue weighted by Crippen LogP contribution is 2.25. The lowest BCUT2D eigenvalue weighted by molar-refractivity contribution is -0.133. The van der Waals surface area contributed by atoms with Crippen LogP contribution in [0.2, 0.25) is 0 Å². The number of amides is 4. The molecular weight excluding hydrogens is 358 g/mol. The lowest BCUT2D eigenvalue weighted by Gasteiger charge is -2.21. The van der Waals surface area contributed by atoms with Gasteiger partial charge in [-0.3, -0.25) is 14.5 Å². The van der Waals surface area contributed by atoms with E-state index in [4.69, 9.17) is 0 Å². The van der Waals surface area contributed by atoms with Crippen molar-refractivity contribution in [1.29, 1.82) is 0 Å². The van der Waals surface area contributed by atoms with Crippen LogP contribution in [0.15, 0.2) is 48.5 Å². The Morgan fingerprint density at radius 3 is 2.57 bits per heavy atom. The van der Waals surface area contributed by atoms with E-state index in [1.165, 1.54) is 6.07 Å². The SMILES string of the molecule is Cc1ccc(NC(=O)CN2C(=O)N[C@@](C)(CCc3ccccc3)C2=O)c(O)c1. The number of imide groups is 1. The van der Waals surface area contributed by atoms with Crippen LogP contribution in [0.5, 0.6) is 5.75 Å². The van der Waals surface area contributed by atoms with E-state index in [9.17, 15) is 19.5 Å². The summed E-state index contributed by atoms with van der Waals surface area (Å²) >= 11 is 0. The van der Waals surface area contributed by atoms with Gasteiger partial charge >= 0.3 is 6.03 Å². The molecule has 1 aliphatic heterocycles. The van der Waals surface area contributed by atoms with Gasteiger partial charge in [0.25, 0.3) is 5.91 Å². The molecule has 0 spiro atoms. The van der Waals surface area contributed by atoms with Gasteiger partial charge in [0.2, 0.25) is 5.91 Å². The van der Waals surface area contributed by atoms with Gasteiger partial charge in [0.05, 0.1) is 5.69 Å². The lowest BCUT2D eigenvalue weighted by atomic mass is 9.93. The number of aromatic hydroxyl groups is 1. The van der Waals surface area contributed by atoms with E-state index in [1.54, 1.807) is 19.1 Å². The molecule has 0 unspecified atom stereocenters. The van der Waals surface area contributed by atoms with Crippen molar-refractivity contribution in [3.8, 4) is 5.75 Å². The van der Waals surface area contributed by atoms with Crippen LogP contribution >= 0.6 is 0 Å². The van der Waals surface area contributed by atoms with E-state index in [1.807, 2.05) is 37.3 Å². The Morgan fingerprint density at radius 2 is 1.89 bits per heavy atom. The summed E-state index contributed by atoms with van der Waals surface area (Å²) in [5.74, 6) is -1.06. The molecule has 1 heterocycles. The van der Waals surface area contributed by atoms with E-state index in [0.29, 0.717) is 12.8 Å². The molecule has 0 aromatic heterocycles. The monoisotopic (exact) mass is 381 g/mol. The smallest absolute Gasteiger partial charge is 0.325 e. The van der Waals surface area contributed by atoms with Crippen molar-refractivity contribution in [2.24, 2.45) is 0 Å². The third-order valence-corrected chi connectivity index (χ3v) is 4.83. The number of hydrogen-bond donors (Lipinski definition) is 3. The zero-order valence-corrected chi connectivity index (χ0v) is 15.9. The van der Waals surface area contributed by atoms with E-state index < -0.39 is 29.9 Å². The van der Waals surface area contributed by atoms with Crippen LogP contribution in [-0.2, 0) is 16.0 Å².